The molecule has 1 aliphatic rings. The topological polar surface area (TPSA) is 87.4 Å². The largest absolute Gasteiger partial charge is 0.470 e. The Kier molecular flexibility index (Phi) is 4.49. The Hall–Kier alpha value is -1.47. The predicted octanol–water partition coefficient (Wildman–Crippen LogP) is 2.29. The summed E-state index contributed by atoms with van der Waals surface area (Å²) in [7, 11) is 0. The average Bonchev–Trinajstić information content (AvgIpc) is 2.36. The lowest BCUT2D eigenvalue weighted by atomic mass is 10.1. The maximum absolute atomic E-state index is 11.0. The molecule has 2 rings (SSSR count). The van der Waals surface area contributed by atoms with E-state index in [2.05, 4.69) is 9.97 Å². The van der Waals surface area contributed by atoms with Crippen LogP contribution >= 0.6 is 11.6 Å². The van der Waals surface area contributed by atoms with Crippen LogP contribution in [0.5, 0.6) is 5.88 Å². The number of hydrogen-bond acceptors (Lipinski definition) is 6. The second-order valence-electron chi connectivity index (χ2n) is 4.29. The second-order valence-corrected chi connectivity index (χ2v) is 4.63. The van der Waals surface area contributed by atoms with E-state index in [-0.39, 0.29) is 35.3 Å². The zero-order chi connectivity index (χ0) is 13.8. The van der Waals surface area contributed by atoms with Crippen LogP contribution in [0.2, 0.25) is 5.28 Å². The highest BCUT2D eigenvalue weighted by Crippen LogP contribution is 2.29. The first-order valence-corrected chi connectivity index (χ1v) is 6.38. The third-order valence-corrected chi connectivity index (χ3v) is 3.03. The van der Waals surface area contributed by atoms with Crippen molar-refractivity contribution in [1.82, 2.24) is 9.97 Å². The van der Waals surface area contributed by atoms with Crippen LogP contribution < -0.4 is 4.74 Å². The van der Waals surface area contributed by atoms with Crippen molar-refractivity contribution in [3.8, 4) is 5.88 Å². The van der Waals surface area contributed by atoms with Gasteiger partial charge >= 0.3 is 5.69 Å². The van der Waals surface area contributed by atoms with E-state index in [1.54, 1.807) is 0 Å². The number of rotatable bonds is 4. The van der Waals surface area contributed by atoms with Gasteiger partial charge in [-0.15, -0.1) is 0 Å². The molecular weight excluding hydrogens is 274 g/mol. The highest BCUT2D eigenvalue weighted by atomic mass is 35.5. The Morgan fingerprint density at radius 2 is 2.32 bits per heavy atom. The maximum Gasteiger partial charge on any atom is 0.352 e. The SMILES string of the molecule is Cc1nc(Cl)nc(OCC2CCCCO2)c1[N+](=O)[O-]. The van der Waals surface area contributed by atoms with Gasteiger partial charge in [-0.25, -0.2) is 4.98 Å². The van der Waals surface area contributed by atoms with E-state index in [1.807, 2.05) is 0 Å². The van der Waals surface area contributed by atoms with Crippen LogP contribution in [0.1, 0.15) is 25.0 Å². The van der Waals surface area contributed by atoms with Crippen molar-refractivity contribution >= 4 is 17.3 Å². The molecule has 0 amide bonds. The van der Waals surface area contributed by atoms with Crippen molar-refractivity contribution in [2.24, 2.45) is 0 Å². The molecule has 0 bridgehead atoms. The molecule has 1 saturated heterocycles. The first kappa shape index (κ1) is 14.0. The number of halogens is 1. The zero-order valence-corrected chi connectivity index (χ0v) is 11.2. The summed E-state index contributed by atoms with van der Waals surface area (Å²) in [6.45, 7) is 2.42. The van der Waals surface area contributed by atoms with Gasteiger partial charge in [0.05, 0.1) is 11.0 Å². The lowest BCUT2D eigenvalue weighted by Crippen LogP contribution is -2.26. The first-order chi connectivity index (χ1) is 9.08. The first-order valence-electron chi connectivity index (χ1n) is 6.01. The molecule has 0 aliphatic carbocycles. The van der Waals surface area contributed by atoms with Gasteiger partial charge in [-0.3, -0.25) is 10.1 Å². The molecule has 0 spiro atoms. The molecule has 7 nitrogen and oxygen atoms in total. The van der Waals surface area contributed by atoms with Crippen LogP contribution in [0, 0.1) is 17.0 Å². The summed E-state index contributed by atoms with van der Waals surface area (Å²) in [5.74, 6) is -0.100. The van der Waals surface area contributed by atoms with Gasteiger partial charge in [0, 0.05) is 6.61 Å². The fourth-order valence-corrected chi connectivity index (χ4v) is 2.13. The Bertz CT molecular complexity index is 477. The van der Waals surface area contributed by atoms with Gasteiger partial charge < -0.3 is 9.47 Å². The van der Waals surface area contributed by atoms with Crippen LogP contribution in [0.3, 0.4) is 0 Å². The molecule has 1 aromatic heterocycles. The minimum atomic E-state index is -0.567. The standard InChI is InChI=1S/C11H14ClN3O4/c1-7-9(15(16)17)10(14-11(12)13-7)19-6-8-4-2-3-5-18-8/h8H,2-6H2,1H3. The number of hydrogen-bond donors (Lipinski definition) is 0. The smallest absolute Gasteiger partial charge is 0.352 e. The molecule has 1 aliphatic heterocycles. The van der Waals surface area contributed by atoms with Gasteiger partial charge in [0.1, 0.15) is 12.3 Å². The highest BCUT2D eigenvalue weighted by Gasteiger charge is 2.24. The van der Waals surface area contributed by atoms with Crippen molar-refractivity contribution in [2.45, 2.75) is 32.3 Å². The van der Waals surface area contributed by atoms with Crippen molar-refractivity contribution in [3.63, 3.8) is 0 Å². The van der Waals surface area contributed by atoms with Crippen molar-refractivity contribution in [3.05, 3.63) is 21.1 Å². The summed E-state index contributed by atoms with van der Waals surface area (Å²) in [5.41, 5.74) is -0.0650. The predicted molar refractivity (Wildman–Crippen MR) is 67.5 cm³/mol. The van der Waals surface area contributed by atoms with Crippen LogP contribution in [0.4, 0.5) is 5.69 Å². The normalized spacial score (nSPS) is 19.2. The van der Waals surface area contributed by atoms with Gasteiger partial charge in [0.2, 0.25) is 5.28 Å². The lowest BCUT2D eigenvalue weighted by Gasteiger charge is -2.22. The molecule has 1 atom stereocenters. The van der Waals surface area contributed by atoms with Gasteiger partial charge in [-0.2, -0.15) is 4.98 Å². The molecule has 1 aromatic rings. The number of aryl methyl sites for hydroxylation is 1. The Morgan fingerprint density at radius 1 is 1.53 bits per heavy atom. The summed E-state index contributed by atoms with van der Waals surface area (Å²) in [5, 5.41) is 10.9. The summed E-state index contributed by atoms with van der Waals surface area (Å²) in [4.78, 5) is 17.9. The Labute approximate surface area is 115 Å². The molecular formula is C11H14ClN3O4. The minimum Gasteiger partial charge on any atom is -0.470 e. The van der Waals surface area contributed by atoms with Gasteiger partial charge in [0.15, 0.2) is 0 Å². The molecule has 0 radical (unpaired) electrons. The Balaban J connectivity index is 2.12. The van der Waals surface area contributed by atoms with Gasteiger partial charge in [-0.05, 0) is 37.8 Å². The molecule has 0 aromatic carbocycles. The van der Waals surface area contributed by atoms with Gasteiger partial charge in [-0.1, -0.05) is 0 Å². The van der Waals surface area contributed by atoms with Gasteiger partial charge in [0.25, 0.3) is 5.88 Å². The molecule has 104 valence electrons. The molecule has 8 heteroatoms. The van der Waals surface area contributed by atoms with E-state index in [0.29, 0.717) is 6.61 Å². The van der Waals surface area contributed by atoms with E-state index in [4.69, 9.17) is 21.1 Å². The van der Waals surface area contributed by atoms with Crippen LogP contribution in [0.25, 0.3) is 0 Å². The second kappa shape index (κ2) is 6.12. The van der Waals surface area contributed by atoms with E-state index < -0.39 is 4.92 Å². The lowest BCUT2D eigenvalue weighted by molar-refractivity contribution is -0.387. The minimum absolute atomic E-state index is 0.0533. The van der Waals surface area contributed by atoms with Crippen molar-refractivity contribution < 1.29 is 14.4 Å². The zero-order valence-electron chi connectivity index (χ0n) is 10.5. The molecule has 1 unspecified atom stereocenters. The number of nitrogens with zero attached hydrogens (tertiary/aromatic N) is 3. The number of aromatic nitrogens is 2. The van der Waals surface area contributed by atoms with Crippen LogP contribution in [0.15, 0.2) is 0 Å². The van der Waals surface area contributed by atoms with E-state index in [0.717, 1.165) is 19.3 Å². The summed E-state index contributed by atoms with van der Waals surface area (Å²) >= 11 is 5.69. The van der Waals surface area contributed by atoms with E-state index in [9.17, 15) is 10.1 Å². The third kappa shape index (κ3) is 3.51. The quantitative estimate of drug-likeness (QED) is 0.480. The highest BCUT2D eigenvalue weighted by molar-refractivity contribution is 6.28. The van der Waals surface area contributed by atoms with E-state index >= 15 is 0 Å². The molecule has 0 N–H and O–H groups in total. The molecule has 19 heavy (non-hydrogen) atoms. The average molecular weight is 288 g/mol. The fraction of sp³-hybridized carbons (Fsp3) is 0.636. The summed E-state index contributed by atoms with van der Waals surface area (Å²) < 4.78 is 10.9. The van der Waals surface area contributed by atoms with Crippen LogP contribution in [-0.2, 0) is 4.74 Å². The van der Waals surface area contributed by atoms with E-state index in [1.165, 1.54) is 6.92 Å². The van der Waals surface area contributed by atoms with Crippen LogP contribution in [-0.4, -0.2) is 34.2 Å². The Morgan fingerprint density at radius 3 is 2.95 bits per heavy atom. The third-order valence-electron chi connectivity index (χ3n) is 2.86. The number of ether oxygens (including phenoxy) is 2. The molecule has 2 heterocycles. The summed E-state index contributed by atoms with van der Waals surface area (Å²) in [6.07, 6.45) is 2.93. The molecule has 1 fully saturated rings. The fourth-order valence-electron chi connectivity index (χ4n) is 1.93. The monoisotopic (exact) mass is 287 g/mol. The summed E-state index contributed by atoms with van der Waals surface area (Å²) in [6, 6.07) is 0. The maximum atomic E-state index is 11.0. The molecule has 0 saturated carbocycles. The number of nitro groups is 1. The van der Waals surface area contributed by atoms with Crippen molar-refractivity contribution in [1.29, 1.82) is 0 Å². The van der Waals surface area contributed by atoms with Crippen molar-refractivity contribution in [2.75, 3.05) is 13.2 Å².